The minimum atomic E-state index is -0.319. The normalized spacial score (nSPS) is 10.4. The summed E-state index contributed by atoms with van der Waals surface area (Å²) in [7, 11) is 0. The Kier molecular flexibility index (Phi) is 3.07. The maximum Gasteiger partial charge on any atom is 0.141 e. The number of halogens is 1. The topological polar surface area (TPSA) is 12.9 Å². The Balaban J connectivity index is 2.15. The minimum Gasteiger partial charge on any atom is -0.253 e. The fraction of sp³-hybridized carbons (Fsp3) is 0. The van der Waals surface area contributed by atoms with Crippen molar-refractivity contribution in [3.8, 4) is 22.4 Å². The first kappa shape index (κ1) is 11.6. The number of pyridine rings is 1. The monoisotopic (exact) mass is 249 g/mol. The predicted octanol–water partition coefficient (Wildman–Crippen LogP) is 4.55. The second-order valence-corrected chi connectivity index (χ2v) is 4.27. The van der Waals surface area contributed by atoms with Crippen LogP contribution in [0, 0.1) is 5.82 Å². The van der Waals surface area contributed by atoms with Crippen LogP contribution in [0.25, 0.3) is 22.4 Å². The van der Waals surface area contributed by atoms with Gasteiger partial charge in [-0.15, -0.1) is 0 Å². The highest BCUT2D eigenvalue weighted by Gasteiger charge is 2.07. The average molecular weight is 249 g/mol. The number of rotatable bonds is 2. The highest BCUT2D eigenvalue weighted by atomic mass is 19.1. The average Bonchev–Trinajstić information content (AvgIpc) is 2.49. The van der Waals surface area contributed by atoms with Gasteiger partial charge in [-0.25, -0.2) is 4.39 Å². The summed E-state index contributed by atoms with van der Waals surface area (Å²) < 4.78 is 13.0. The summed E-state index contributed by atoms with van der Waals surface area (Å²) in [6.07, 6.45) is 1.25. The molecule has 0 aliphatic carbocycles. The van der Waals surface area contributed by atoms with E-state index in [0.29, 0.717) is 0 Å². The Morgan fingerprint density at radius 3 is 2.05 bits per heavy atom. The van der Waals surface area contributed by atoms with E-state index in [0.717, 1.165) is 22.4 Å². The molecule has 1 heterocycles. The third-order valence-electron chi connectivity index (χ3n) is 3.02. The van der Waals surface area contributed by atoms with E-state index in [1.807, 2.05) is 36.4 Å². The molecule has 0 atom stereocenters. The highest BCUT2D eigenvalue weighted by Crippen LogP contribution is 2.30. The van der Waals surface area contributed by atoms with E-state index < -0.39 is 0 Å². The molecule has 92 valence electrons. The standard InChI is InChI=1S/C17H12FN/c18-14-10-11-17(19-12-14)16-9-5-4-8-15(16)13-6-2-1-3-7-13/h1-12H. The van der Waals surface area contributed by atoms with E-state index in [-0.39, 0.29) is 5.82 Å². The highest BCUT2D eigenvalue weighted by molar-refractivity contribution is 5.81. The van der Waals surface area contributed by atoms with E-state index in [1.54, 1.807) is 6.07 Å². The molecular weight excluding hydrogens is 237 g/mol. The van der Waals surface area contributed by atoms with Crippen molar-refractivity contribution in [3.63, 3.8) is 0 Å². The molecule has 0 saturated carbocycles. The van der Waals surface area contributed by atoms with Crippen molar-refractivity contribution in [3.05, 3.63) is 78.7 Å². The molecule has 2 heteroatoms. The summed E-state index contributed by atoms with van der Waals surface area (Å²) >= 11 is 0. The van der Waals surface area contributed by atoms with Crippen molar-refractivity contribution >= 4 is 0 Å². The second kappa shape index (κ2) is 5.02. The lowest BCUT2D eigenvalue weighted by atomic mass is 9.97. The zero-order valence-electron chi connectivity index (χ0n) is 10.3. The van der Waals surface area contributed by atoms with Crippen LogP contribution in [-0.2, 0) is 0 Å². The van der Waals surface area contributed by atoms with E-state index >= 15 is 0 Å². The van der Waals surface area contributed by atoms with E-state index in [9.17, 15) is 4.39 Å². The van der Waals surface area contributed by atoms with E-state index in [4.69, 9.17) is 0 Å². The number of aromatic nitrogens is 1. The third kappa shape index (κ3) is 2.38. The first-order chi connectivity index (χ1) is 9.34. The van der Waals surface area contributed by atoms with Gasteiger partial charge in [-0.2, -0.15) is 0 Å². The Morgan fingerprint density at radius 1 is 0.684 bits per heavy atom. The molecule has 3 rings (SSSR count). The Morgan fingerprint density at radius 2 is 1.37 bits per heavy atom. The summed E-state index contributed by atoms with van der Waals surface area (Å²) in [4.78, 5) is 4.16. The van der Waals surface area contributed by atoms with Crippen molar-refractivity contribution < 1.29 is 4.39 Å². The molecular formula is C17H12FN. The third-order valence-corrected chi connectivity index (χ3v) is 3.02. The molecule has 0 radical (unpaired) electrons. The quantitative estimate of drug-likeness (QED) is 0.649. The van der Waals surface area contributed by atoms with Crippen LogP contribution < -0.4 is 0 Å². The molecule has 0 amide bonds. The molecule has 0 aliphatic rings. The van der Waals surface area contributed by atoms with Crippen molar-refractivity contribution in [1.29, 1.82) is 0 Å². The summed E-state index contributed by atoms with van der Waals surface area (Å²) in [5.41, 5.74) is 4.01. The molecule has 0 aliphatic heterocycles. The second-order valence-electron chi connectivity index (χ2n) is 4.27. The Hall–Kier alpha value is -2.48. The summed E-state index contributed by atoms with van der Waals surface area (Å²) in [6.45, 7) is 0. The molecule has 19 heavy (non-hydrogen) atoms. The maximum atomic E-state index is 13.0. The van der Waals surface area contributed by atoms with E-state index in [1.165, 1.54) is 12.3 Å². The summed E-state index contributed by atoms with van der Waals surface area (Å²) in [5, 5.41) is 0. The van der Waals surface area contributed by atoms with Crippen molar-refractivity contribution in [2.75, 3.05) is 0 Å². The predicted molar refractivity (Wildman–Crippen MR) is 75.1 cm³/mol. The van der Waals surface area contributed by atoms with Crippen LogP contribution in [0.1, 0.15) is 0 Å². The lowest BCUT2D eigenvalue weighted by molar-refractivity contribution is 0.622. The summed E-state index contributed by atoms with van der Waals surface area (Å²) in [6, 6.07) is 21.3. The number of hydrogen-bond donors (Lipinski definition) is 0. The molecule has 0 bridgehead atoms. The van der Waals surface area contributed by atoms with Gasteiger partial charge in [0, 0.05) is 5.56 Å². The number of nitrogens with zero attached hydrogens (tertiary/aromatic N) is 1. The maximum absolute atomic E-state index is 13.0. The molecule has 0 unspecified atom stereocenters. The SMILES string of the molecule is Fc1ccc(-c2ccccc2-c2ccccc2)nc1. The van der Waals surface area contributed by atoms with Gasteiger partial charge in [-0.3, -0.25) is 4.98 Å². The number of benzene rings is 2. The Labute approximate surface area is 111 Å². The first-order valence-corrected chi connectivity index (χ1v) is 6.11. The number of hydrogen-bond acceptors (Lipinski definition) is 1. The van der Waals surface area contributed by atoms with Gasteiger partial charge < -0.3 is 0 Å². The first-order valence-electron chi connectivity index (χ1n) is 6.11. The summed E-state index contributed by atoms with van der Waals surface area (Å²) in [5.74, 6) is -0.319. The lowest BCUT2D eigenvalue weighted by Gasteiger charge is -2.09. The van der Waals surface area contributed by atoms with E-state index in [2.05, 4.69) is 23.2 Å². The minimum absolute atomic E-state index is 0.319. The van der Waals surface area contributed by atoms with Crippen molar-refractivity contribution in [2.24, 2.45) is 0 Å². The smallest absolute Gasteiger partial charge is 0.141 e. The van der Waals surface area contributed by atoms with Gasteiger partial charge in [0.05, 0.1) is 11.9 Å². The van der Waals surface area contributed by atoms with Crippen LogP contribution in [0.4, 0.5) is 4.39 Å². The molecule has 0 N–H and O–H groups in total. The zero-order valence-corrected chi connectivity index (χ0v) is 10.3. The molecule has 0 spiro atoms. The molecule has 1 aromatic heterocycles. The fourth-order valence-electron chi connectivity index (χ4n) is 2.11. The van der Waals surface area contributed by atoms with Crippen LogP contribution >= 0.6 is 0 Å². The van der Waals surface area contributed by atoms with Crippen LogP contribution in [0.3, 0.4) is 0 Å². The molecule has 0 fully saturated rings. The van der Waals surface area contributed by atoms with Crippen molar-refractivity contribution in [2.45, 2.75) is 0 Å². The van der Waals surface area contributed by atoms with Crippen LogP contribution in [0.5, 0.6) is 0 Å². The van der Waals surface area contributed by atoms with Gasteiger partial charge in [0.1, 0.15) is 5.82 Å². The molecule has 3 aromatic rings. The van der Waals surface area contributed by atoms with Gasteiger partial charge >= 0.3 is 0 Å². The van der Waals surface area contributed by atoms with Gasteiger partial charge in [0.25, 0.3) is 0 Å². The largest absolute Gasteiger partial charge is 0.253 e. The molecule has 0 saturated heterocycles. The Bertz CT molecular complexity index is 675. The molecule has 1 nitrogen and oxygen atoms in total. The van der Waals surface area contributed by atoms with Crippen LogP contribution in [-0.4, -0.2) is 4.98 Å². The van der Waals surface area contributed by atoms with Gasteiger partial charge in [-0.05, 0) is 23.3 Å². The van der Waals surface area contributed by atoms with Gasteiger partial charge in [0.2, 0.25) is 0 Å². The fourth-order valence-corrected chi connectivity index (χ4v) is 2.11. The van der Waals surface area contributed by atoms with Crippen LogP contribution in [0.2, 0.25) is 0 Å². The van der Waals surface area contributed by atoms with Gasteiger partial charge in [0.15, 0.2) is 0 Å². The zero-order chi connectivity index (χ0) is 13.1. The van der Waals surface area contributed by atoms with Crippen molar-refractivity contribution in [1.82, 2.24) is 4.98 Å². The van der Waals surface area contributed by atoms with Crippen LogP contribution in [0.15, 0.2) is 72.9 Å². The molecule has 2 aromatic carbocycles. The lowest BCUT2D eigenvalue weighted by Crippen LogP contribution is -1.88. The van der Waals surface area contributed by atoms with Gasteiger partial charge in [-0.1, -0.05) is 54.6 Å².